The highest BCUT2D eigenvalue weighted by atomic mass is 35.5. The summed E-state index contributed by atoms with van der Waals surface area (Å²) in [7, 11) is -3.50. The molecule has 3 nitrogen and oxygen atoms in total. The minimum Gasteiger partial charge on any atom is -0.207 e. The number of nitrogens with zero attached hydrogens (tertiary/aromatic N) is 1. The van der Waals surface area contributed by atoms with Crippen molar-refractivity contribution in [2.45, 2.75) is 23.9 Å². The predicted molar refractivity (Wildman–Crippen MR) is 78.9 cm³/mol. The standard InChI is InChI=1S/C15H14ClNO2S/c16-9-12-5-3-4-8-15(12)20(18,19)17-10-13-6-1-2-7-14(13)11-17/h1-8H,9-11H2. The molecular formula is C15H14ClNO2S. The molecule has 1 aliphatic rings. The fraction of sp³-hybridized carbons (Fsp3) is 0.200. The van der Waals surface area contributed by atoms with Crippen LogP contribution < -0.4 is 0 Å². The van der Waals surface area contributed by atoms with Gasteiger partial charge in [-0.3, -0.25) is 0 Å². The number of hydrogen-bond donors (Lipinski definition) is 0. The average Bonchev–Trinajstić information content (AvgIpc) is 2.92. The van der Waals surface area contributed by atoms with Crippen LogP contribution in [-0.2, 0) is 29.0 Å². The predicted octanol–water partition coefficient (Wildman–Crippen LogP) is 3.13. The van der Waals surface area contributed by atoms with E-state index in [9.17, 15) is 8.42 Å². The summed E-state index contributed by atoms with van der Waals surface area (Å²) in [6.45, 7) is 0.851. The van der Waals surface area contributed by atoms with Crippen molar-refractivity contribution in [3.63, 3.8) is 0 Å². The third kappa shape index (κ3) is 2.24. The van der Waals surface area contributed by atoms with Crippen molar-refractivity contribution >= 4 is 21.6 Å². The Morgan fingerprint density at radius 3 is 2.10 bits per heavy atom. The fourth-order valence-corrected chi connectivity index (χ4v) is 4.41. The quantitative estimate of drug-likeness (QED) is 0.817. The van der Waals surface area contributed by atoms with Gasteiger partial charge in [0.1, 0.15) is 0 Å². The molecule has 3 rings (SSSR count). The summed E-state index contributed by atoms with van der Waals surface area (Å²) in [6, 6.07) is 14.7. The first-order valence-electron chi connectivity index (χ1n) is 6.34. The SMILES string of the molecule is O=S(=O)(c1ccccc1CCl)N1Cc2ccccc2C1. The smallest absolute Gasteiger partial charge is 0.207 e. The molecule has 0 bridgehead atoms. The fourth-order valence-electron chi connectivity index (χ4n) is 2.48. The largest absolute Gasteiger partial charge is 0.243 e. The maximum Gasteiger partial charge on any atom is 0.243 e. The van der Waals surface area contributed by atoms with Gasteiger partial charge in [-0.2, -0.15) is 4.31 Å². The summed E-state index contributed by atoms with van der Waals surface area (Å²) in [4.78, 5) is 0.308. The molecule has 0 N–H and O–H groups in total. The molecule has 0 saturated heterocycles. The van der Waals surface area contributed by atoms with Crippen LogP contribution in [-0.4, -0.2) is 12.7 Å². The number of alkyl halides is 1. The number of sulfonamides is 1. The van der Waals surface area contributed by atoms with Gasteiger partial charge in [-0.25, -0.2) is 8.42 Å². The highest BCUT2D eigenvalue weighted by Crippen LogP contribution is 2.30. The summed E-state index contributed by atoms with van der Waals surface area (Å²) in [5, 5.41) is 0. The van der Waals surface area contributed by atoms with Gasteiger partial charge >= 0.3 is 0 Å². The Morgan fingerprint density at radius 1 is 0.950 bits per heavy atom. The van der Waals surface area contributed by atoms with Crippen LogP contribution in [0.2, 0.25) is 0 Å². The zero-order valence-electron chi connectivity index (χ0n) is 10.8. The van der Waals surface area contributed by atoms with E-state index in [1.54, 1.807) is 24.3 Å². The molecule has 2 aromatic carbocycles. The summed E-state index contributed by atoms with van der Waals surface area (Å²) in [5.74, 6) is 0.191. The summed E-state index contributed by atoms with van der Waals surface area (Å²) < 4.78 is 27.0. The van der Waals surface area contributed by atoms with Gasteiger partial charge in [0.25, 0.3) is 0 Å². The Labute approximate surface area is 123 Å². The van der Waals surface area contributed by atoms with Crippen molar-refractivity contribution in [3.8, 4) is 0 Å². The topological polar surface area (TPSA) is 37.4 Å². The van der Waals surface area contributed by atoms with E-state index in [4.69, 9.17) is 11.6 Å². The number of benzene rings is 2. The second-order valence-corrected chi connectivity index (χ2v) is 6.96. The lowest BCUT2D eigenvalue weighted by atomic mass is 10.1. The molecule has 104 valence electrons. The molecule has 1 heterocycles. The van der Waals surface area contributed by atoms with E-state index >= 15 is 0 Å². The summed E-state index contributed by atoms with van der Waals surface area (Å²) >= 11 is 5.85. The Kier molecular flexibility index (Phi) is 3.54. The molecule has 0 aliphatic carbocycles. The second kappa shape index (κ2) is 5.20. The van der Waals surface area contributed by atoms with E-state index in [-0.39, 0.29) is 5.88 Å². The molecule has 0 spiro atoms. The van der Waals surface area contributed by atoms with Crippen molar-refractivity contribution in [2.75, 3.05) is 0 Å². The van der Waals surface area contributed by atoms with Crippen LogP contribution in [0.3, 0.4) is 0 Å². The van der Waals surface area contributed by atoms with E-state index < -0.39 is 10.0 Å². The van der Waals surface area contributed by atoms with Gasteiger partial charge in [0, 0.05) is 19.0 Å². The maximum atomic E-state index is 12.7. The molecule has 1 aliphatic heterocycles. The molecule has 0 unspecified atom stereocenters. The number of fused-ring (bicyclic) bond motifs is 1. The number of halogens is 1. The third-order valence-corrected chi connectivity index (χ3v) is 5.73. The number of rotatable bonds is 3. The first-order chi connectivity index (χ1) is 9.63. The zero-order valence-corrected chi connectivity index (χ0v) is 12.4. The van der Waals surface area contributed by atoms with Crippen LogP contribution in [0, 0.1) is 0 Å². The first-order valence-corrected chi connectivity index (χ1v) is 8.31. The maximum absolute atomic E-state index is 12.7. The molecule has 0 aromatic heterocycles. The minimum atomic E-state index is -3.50. The Bertz CT molecular complexity index is 718. The minimum absolute atomic E-state index is 0.191. The van der Waals surface area contributed by atoms with E-state index in [2.05, 4.69) is 0 Å². The van der Waals surface area contributed by atoms with Gasteiger partial charge < -0.3 is 0 Å². The van der Waals surface area contributed by atoms with E-state index in [1.807, 2.05) is 24.3 Å². The highest BCUT2D eigenvalue weighted by Gasteiger charge is 2.31. The lowest BCUT2D eigenvalue weighted by Crippen LogP contribution is -2.26. The summed E-state index contributed by atoms with van der Waals surface area (Å²) in [5.41, 5.74) is 2.78. The molecule has 0 amide bonds. The van der Waals surface area contributed by atoms with Crippen molar-refractivity contribution in [2.24, 2.45) is 0 Å². The molecule has 5 heteroatoms. The molecule has 0 radical (unpaired) electrons. The molecule has 0 saturated carbocycles. The molecule has 2 aromatic rings. The van der Waals surface area contributed by atoms with Crippen molar-refractivity contribution < 1.29 is 8.42 Å². The van der Waals surface area contributed by atoms with Crippen LogP contribution >= 0.6 is 11.6 Å². The molecule has 0 fully saturated rings. The van der Waals surface area contributed by atoms with Gasteiger partial charge in [0.05, 0.1) is 4.90 Å². The Balaban J connectivity index is 1.99. The van der Waals surface area contributed by atoms with Crippen molar-refractivity contribution in [1.29, 1.82) is 0 Å². The zero-order chi connectivity index (χ0) is 14.2. The van der Waals surface area contributed by atoms with Crippen molar-refractivity contribution in [1.82, 2.24) is 4.31 Å². The Hall–Kier alpha value is -1.36. The van der Waals surface area contributed by atoms with Gasteiger partial charge in [-0.15, -0.1) is 11.6 Å². The molecular weight excluding hydrogens is 294 g/mol. The van der Waals surface area contributed by atoms with Gasteiger partial charge in [-0.05, 0) is 22.8 Å². The van der Waals surface area contributed by atoms with E-state index in [0.29, 0.717) is 23.5 Å². The highest BCUT2D eigenvalue weighted by molar-refractivity contribution is 7.89. The number of hydrogen-bond acceptors (Lipinski definition) is 2. The van der Waals surface area contributed by atoms with Crippen LogP contribution in [0.1, 0.15) is 16.7 Å². The third-order valence-electron chi connectivity index (χ3n) is 3.55. The van der Waals surface area contributed by atoms with Crippen LogP contribution in [0.4, 0.5) is 0 Å². The van der Waals surface area contributed by atoms with E-state index in [1.165, 1.54) is 4.31 Å². The summed E-state index contributed by atoms with van der Waals surface area (Å²) in [6.07, 6.45) is 0. The lowest BCUT2D eigenvalue weighted by molar-refractivity contribution is 0.431. The van der Waals surface area contributed by atoms with Gasteiger partial charge in [0.2, 0.25) is 10.0 Å². The normalized spacial score (nSPS) is 15.2. The second-order valence-electron chi connectivity index (χ2n) is 4.78. The van der Waals surface area contributed by atoms with Gasteiger partial charge in [0.15, 0.2) is 0 Å². The van der Waals surface area contributed by atoms with Crippen LogP contribution in [0.5, 0.6) is 0 Å². The Morgan fingerprint density at radius 2 is 1.50 bits per heavy atom. The van der Waals surface area contributed by atoms with Crippen molar-refractivity contribution in [3.05, 3.63) is 65.2 Å². The van der Waals surface area contributed by atoms with Gasteiger partial charge in [-0.1, -0.05) is 42.5 Å². The monoisotopic (exact) mass is 307 g/mol. The average molecular weight is 308 g/mol. The lowest BCUT2D eigenvalue weighted by Gasteiger charge is -2.17. The van der Waals surface area contributed by atoms with Crippen LogP contribution in [0.15, 0.2) is 53.4 Å². The van der Waals surface area contributed by atoms with Crippen LogP contribution in [0.25, 0.3) is 0 Å². The molecule has 20 heavy (non-hydrogen) atoms. The molecule has 0 atom stereocenters. The van der Waals surface area contributed by atoms with E-state index in [0.717, 1.165) is 11.1 Å². The first kappa shape index (κ1) is 13.6.